The van der Waals surface area contributed by atoms with E-state index in [0.717, 1.165) is 30.6 Å². The zero-order chi connectivity index (χ0) is 23.3. The highest BCUT2D eigenvalue weighted by Gasteiger charge is 2.14. The molecule has 0 aliphatic heterocycles. The summed E-state index contributed by atoms with van der Waals surface area (Å²) in [5, 5.41) is 5.54. The van der Waals surface area contributed by atoms with Crippen molar-refractivity contribution in [3.8, 4) is 16.2 Å². The molecule has 0 saturated heterocycles. The molecule has 0 bridgehead atoms. The Balaban J connectivity index is 1.50. The Bertz CT molecular complexity index is 966. The van der Waals surface area contributed by atoms with Crippen LogP contribution in [-0.4, -0.2) is 24.7 Å². The van der Waals surface area contributed by atoms with Crippen LogP contribution in [0.4, 0.5) is 0 Å². The Morgan fingerprint density at radius 3 is 2.61 bits per heavy atom. The number of ether oxygens (including phenoxy) is 1. The lowest BCUT2D eigenvalue weighted by atomic mass is 10.0. The van der Waals surface area contributed by atoms with Crippen molar-refractivity contribution in [3.05, 3.63) is 77.2 Å². The fraction of sp³-hybridized carbons (Fsp3) is 0.385. The molecular formula is C26H33NO4PS+. The van der Waals surface area contributed by atoms with Crippen molar-refractivity contribution in [2.24, 2.45) is 0 Å². The Labute approximate surface area is 201 Å². The van der Waals surface area contributed by atoms with Crippen molar-refractivity contribution in [3.63, 3.8) is 0 Å². The molecule has 3 aromatic rings. The molecule has 5 nitrogen and oxygen atoms in total. The summed E-state index contributed by atoms with van der Waals surface area (Å²) >= 11 is 1.71. The van der Waals surface area contributed by atoms with Gasteiger partial charge >= 0.3 is 8.25 Å². The van der Waals surface area contributed by atoms with Crippen LogP contribution in [0.3, 0.4) is 0 Å². The maximum atomic E-state index is 10.6. The van der Waals surface area contributed by atoms with Gasteiger partial charge in [-0.05, 0) is 80.3 Å². The van der Waals surface area contributed by atoms with E-state index < -0.39 is 8.25 Å². The van der Waals surface area contributed by atoms with E-state index in [1.165, 1.54) is 22.4 Å². The van der Waals surface area contributed by atoms with Crippen molar-refractivity contribution in [1.29, 1.82) is 0 Å². The predicted molar refractivity (Wildman–Crippen MR) is 136 cm³/mol. The van der Waals surface area contributed by atoms with Gasteiger partial charge in [-0.3, -0.25) is 0 Å². The number of unbranched alkanes of at least 4 members (excludes halogenated alkanes) is 2. The molecule has 0 spiro atoms. The normalized spacial score (nSPS) is 12.5. The van der Waals surface area contributed by atoms with Crippen LogP contribution in [0.25, 0.3) is 10.4 Å². The van der Waals surface area contributed by atoms with Gasteiger partial charge in [-0.2, -0.15) is 0 Å². The van der Waals surface area contributed by atoms with Crippen molar-refractivity contribution in [2.75, 3.05) is 19.8 Å². The fourth-order valence-electron chi connectivity index (χ4n) is 3.65. The van der Waals surface area contributed by atoms with Gasteiger partial charge in [-0.25, -0.2) is 0 Å². The summed E-state index contributed by atoms with van der Waals surface area (Å²) in [6.07, 6.45) is 5.15. The number of rotatable bonds is 15. The van der Waals surface area contributed by atoms with E-state index in [-0.39, 0.29) is 12.6 Å². The Kier molecular flexibility index (Phi) is 11.0. The first-order valence-corrected chi connectivity index (χ1v) is 13.5. The number of hydrogen-bond acceptors (Lipinski definition) is 5. The van der Waals surface area contributed by atoms with Crippen molar-refractivity contribution < 1.29 is 18.7 Å². The molecule has 7 heteroatoms. The highest BCUT2D eigenvalue weighted by molar-refractivity contribution is 7.32. The summed E-state index contributed by atoms with van der Waals surface area (Å²) in [7, 11) is -2.52. The predicted octanol–water partition coefficient (Wildman–Crippen LogP) is 6.91. The van der Waals surface area contributed by atoms with E-state index in [9.17, 15) is 4.57 Å². The average Bonchev–Trinajstić information content (AvgIpc) is 3.36. The lowest BCUT2D eigenvalue weighted by Crippen LogP contribution is -2.20. The number of nitrogens with one attached hydrogen (secondary N) is 1. The highest BCUT2D eigenvalue weighted by Crippen LogP contribution is 2.35. The second kappa shape index (κ2) is 14.2. The minimum Gasteiger partial charge on any atom is -0.493 e. The van der Waals surface area contributed by atoms with E-state index >= 15 is 0 Å². The van der Waals surface area contributed by atoms with Crippen LogP contribution in [0.15, 0.2) is 66.0 Å². The zero-order valence-corrected chi connectivity index (χ0v) is 20.8. The molecule has 0 saturated carbocycles. The molecule has 0 aliphatic carbocycles. The highest BCUT2D eigenvalue weighted by atomic mass is 32.1. The SMILES string of the molecule is CC(NCCCO[P+](=O)O)c1ccc(OCCCCCc2ccccc2)c(-c2cccs2)c1. The van der Waals surface area contributed by atoms with E-state index in [0.29, 0.717) is 19.6 Å². The van der Waals surface area contributed by atoms with Crippen molar-refractivity contribution in [2.45, 2.75) is 45.1 Å². The topological polar surface area (TPSA) is 67.8 Å². The number of aryl methyl sites for hydroxylation is 1. The van der Waals surface area contributed by atoms with Gasteiger partial charge in [0.15, 0.2) is 0 Å². The molecule has 3 rings (SSSR count). The summed E-state index contributed by atoms with van der Waals surface area (Å²) in [5.74, 6) is 0.927. The minimum absolute atomic E-state index is 0.152. The van der Waals surface area contributed by atoms with Gasteiger partial charge in [0.05, 0.1) is 6.61 Å². The minimum atomic E-state index is -2.52. The lowest BCUT2D eigenvalue weighted by Gasteiger charge is -2.17. The fourth-order valence-corrected chi connectivity index (χ4v) is 4.69. The molecule has 0 radical (unpaired) electrons. The standard InChI is InChI=1S/C26H32NO4PS/c1-21(27-16-9-18-31-32(28)29)23-14-15-25(24(20-23)26-13-8-19-33-26)30-17-7-3-6-12-22-10-4-2-5-11-22/h2,4-5,8,10-11,13-15,19-21,27H,3,6-7,9,12,16-18H2,1H3/p+1. The second-order valence-corrected chi connectivity index (χ2v) is 9.66. The Morgan fingerprint density at radius 2 is 1.85 bits per heavy atom. The van der Waals surface area contributed by atoms with Gasteiger partial charge in [0.25, 0.3) is 0 Å². The van der Waals surface area contributed by atoms with Crippen LogP contribution in [0, 0.1) is 0 Å². The number of hydrogen-bond donors (Lipinski definition) is 2. The average molecular weight is 487 g/mol. The summed E-state index contributed by atoms with van der Waals surface area (Å²) in [5.41, 5.74) is 3.71. The molecular weight excluding hydrogens is 453 g/mol. The first-order valence-electron chi connectivity index (χ1n) is 11.5. The number of thiophene rings is 1. The van der Waals surface area contributed by atoms with Crippen LogP contribution in [0.1, 0.15) is 49.8 Å². The second-order valence-electron chi connectivity index (χ2n) is 7.98. The van der Waals surface area contributed by atoms with Crippen LogP contribution in [0.5, 0.6) is 5.75 Å². The van der Waals surface area contributed by atoms with Gasteiger partial charge in [-0.15, -0.1) is 20.8 Å². The van der Waals surface area contributed by atoms with E-state index in [1.807, 2.05) is 0 Å². The third-order valence-electron chi connectivity index (χ3n) is 5.47. The zero-order valence-electron chi connectivity index (χ0n) is 19.1. The first-order chi connectivity index (χ1) is 16.1. The molecule has 2 N–H and O–H groups in total. The molecule has 33 heavy (non-hydrogen) atoms. The largest absolute Gasteiger partial charge is 0.694 e. The number of benzene rings is 2. The summed E-state index contributed by atoms with van der Waals surface area (Å²) < 4.78 is 21.5. The monoisotopic (exact) mass is 486 g/mol. The van der Waals surface area contributed by atoms with Crippen LogP contribution in [0.2, 0.25) is 0 Å². The van der Waals surface area contributed by atoms with Gasteiger partial charge < -0.3 is 10.1 Å². The third kappa shape index (κ3) is 9.00. The molecule has 2 aromatic carbocycles. The lowest BCUT2D eigenvalue weighted by molar-refractivity contribution is 0.274. The molecule has 2 unspecified atom stereocenters. The Morgan fingerprint density at radius 1 is 1.00 bits per heavy atom. The van der Waals surface area contributed by atoms with Crippen molar-refractivity contribution >= 4 is 19.6 Å². The van der Waals surface area contributed by atoms with Crippen LogP contribution in [-0.2, 0) is 15.5 Å². The molecule has 1 aromatic heterocycles. The summed E-state index contributed by atoms with van der Waals surface area (Å²) in [4.78, 5) is 9.89. The molecule has 1 heterocycles. The molecule has 0 aliphatic rings. The molecule has 2 atom stereocenters. The van der Waals surface area contributed by atoms with Crippen molar-refractivity contribution in [1.82, 2.24) is 5.32 Å². The Hall–Kier alpha value is -2.08. The summed E-state index contributed by atoms with van der Waals surface area (Å²) in [6, 6.07) is 21.4. The molecule has 0 fully saturated rings. The molecule has 0 amide bonds. The summed E-state index contributed by atoms with van der Waals surface area (Å²) in [6.45, 7) is 3.81. The molecule has 176 valence electrons. The van der Waals surface area contributed by atoms with Crippen LogP contribution >= 0.6 is 19.6 Å². The van der Waals surface area contributed by atoms with Gasteiger partial charge in [0.2, 0.25) is 0 Å². The van der Waals surface area contributed by atoms with E-state index in [1.54, 1.807) is 11.3 Å². The van der Waals surface area contributed by atoms with E-state index in [4.69, 9.17) is 14.2 Å². The maximum Gasteiger partial charge on any atom is 0.694 e. The van der Waals surface area contributed by atoms with Crippen LogP contribution < -0.4 is 10.1 Å². The van der Waals surface area contributed by atoms with Gasteiger partial charge in [0, 0.05) is 21.0 Å². The smallest absolute Gasteiger partial charge is 0.493 e. The first kappa shape index (κ1) is 25.5. The van der Waals surface area contributed by atoms with Gasteiger partial charge in [-0.1, -0.05) is 42.5 Å². The third-order valence-corrected chi connectivity index (χ3v) is 6.78. The van der Waals surface area contributed by atoms with E-state index in [2.05, 4.69) is 78.3 Å². The maximum absolute atomic E-state index is 10.6. The quantitative estimate of drug-likeness (QED) is 0.180. The van der Waals surface area contributed by atoms with Gasteiger partial charge in [0.1, 0.15) is 12.4 Å².